The number of benzene rings is 1. The molecule has 1 N–H and O–H groups in total. The first-order valence-corrected chi connectivity index (χ1v) is 7.81. The Labute approximate surface area is 144 Å². The van der Waals surface area contributed by atoms with Gasteiger partial charge in [-0.3, -0.25) is 14.6 Å². The molecule has 1 aromatic heterocycles. The van der Waals surface area contributed by atoms with E-state index in [0.29, 0.717) is 28.7 Å². The number of anilines is 2. The van der Waals surface area contributed by atoms with Crippen LogP contribution in [0.3, 0.4) is 0 Å². The summed E-state index contributed by atoms with van der Waals surface area (Å²) in [6.45, 7) is 0.319. The van der Waals surface area contributed by atoms with Crippen molar-refractivity contribution in [3.05, 3.63) is 47.7 Å². The highest BCUT2D eigenvalue weighted by Crippen LogP contribution is 2.30. The molecule has 0 spiro atoms. The fourth-order valence-electron chi connectivity index (χ4n) is 2.66. The molecule has 0 bridgehead atoms. The van der Waals surface area contributed by atoms with Crippen molar-refractivity contribution in [2.24, 2.45) is 5.92 Å². The van der Waals surface area contributed by atoms with Gasteiger partial charge in [-0.25, -0.2) is 0 Å². The summed E-state index contributed by atoms with van der Waals surface area (Å²) in [4.78, 5) is 30.3. The third-order valence-electron chi connectivity index (χ3n) is 3.87. The van der Waals surface area contributed by atoms with Crippen LogP contribution in [0.2, 0.25) is 5.02 Å². The highest BCUT2D eigenvalue weighted by molar-refractivity contribution is 6.31. The molecule has 1 unspecified atom stereocenters. The highest BCUT2D eigenvalue weighted by atomic mass is 35.5. The Bertz CT molecular complexity index is 767. The lowest BCUT2D eigenvalue weighted by molar-refractivity contribution is -0.122. The van der Waals surface area contributed by atoms with Gasteiger partial charge in [0.15, 0.2) is 0 Å². The first-order chi connectivity index (χ1) is 11.6. The summed E-state index contributed by atoms with van der Waals surface area (Å²) in [5, 5.41) is 3.29. The van der Waals surface area contributed by atoms with Gasteiger partial charge in [-0.15, -0.1) is 0 Å². The summed E-state index contributed by atoms with van der Waals surface area (Å²) in [6, 6.07) is 8.53. The van der Waals surface area contributed by atoms with Gasteiger partial charge in [0.25, 0.3) is 0 Å². The van der Waals surface area contributed by atoms with Gasteiger partial charge in [0.05, 0.1) is 30.6 Å². The molecule has 1 saturated heterocycles. The minimum absolute atomic E-state index is 0.0961. The van der Waals surface area contributed by atoms with Crippen molar-refractivity contribution in [3.63, 3.8) is 0 Å². The van der Waals surface area contributed by atoms with E-state index in [1.807, 2.05) is 0 Å². The zero-order chi connectivity index (χ0) is 17.1. The lowest BCUT2D eigenvalue weighted by Gasteiger charge is -2.16. The lowest BCUT2D eigenvalue weighted by Crippen LogP contribution is -2.28. The van der Waals surface area contributed by atoms with Gasteiger partial charge in [-0.05, 0) is 30.3 Å². The van der Waals surface area contributed by atoms with Crippen LogP contribution in [0, 0.1) is 5.92 Å². The van der Waals surface area contributed by atoms with Crippen LogP contribution in [0.4, 0.5) is 11.4 Å². The Morgan fingerprint density at radius 2 is 2.25 bits per heavy atom. The second-order valence-corrected chi connectivity index (χ2v) is 5.89. The van der Waals surface area contributed by atoms with Crippen LogP contribution in [0.1, 0.15) is 6.42 Å². The molecule has 7 heteroatoms. The van der Waals surface area contributed by atoms with Crippen molar-refractivity contribution in [1.82, 2.24) is 4.98 Å². The number of rotatable bonds is 4. The highest BCUT2D eigenvalue weighted by Gasteiger charge is 2.35. The standard InChI is InChI=1S/C17H16ClN3O3/c1-24-15-5-4-12(18)8-14(15)20-17(23)11-7-16(22)21(10-11)13-3-2-6-19-9-13/h2-6,8-9,11H,7,10H2,1H3,(H,20,23). The monoisotopic (exact) mass is 345 g/mol. The number of hydrogen-bond acceptors (Lipinski definition) is 4. The zero-order valence-corrected chi connectivity index (χ0v) is 13.8. The number of amides is 2. The smallest absolute Gasteiger partial charge is 0.229 e. The third-order valence-corrected chi connectivity index (χ3v) is 4.11. The number of hydrogen-bond donors (Lipinski definition) is 1. The molecule has 1 atom stereocenters. The SMILES string of the molecule is COc1ccc(Cl)cc1NC(=O)C1CC(=O)N(c2cccnc2)C1. The van der Waals surface area contributed by atoms with E-state index in [9.17, 15) is 9.59 Å². The normalized spacial score (nSPS) is 17.0. The molecule has 6 nitrogen and oxygen atoms in total. The molecule has 124 valence electrons. The number of carbonyl (C=O) groups is 2. The van der Waals surface area contributed by atoms with Crippen molar-refractivity contribution < 1.29 is 14.3 Å². The van der Waals surface area contributed by atoms with Gasteiger partial charge in [0.2, 0.25) is 11.8 Å². The number of pyridine rings is 1. The molecule has 3 rings (SSSR count). The van der Waals surface area contributed by atoms with Crippen molar-refractivity contribution >= 4 is 34.8 Å². The molecule has 2 amide bonds. The maximum Gasteiger partial charge on any atom is 0.229 e. The average molecular weight is 346 g/mol. The van der Waals surface area contributed by atoms with Gasteiger partial charge in [-0.1, -0.05) is 11.6 Å². The number of halogens is 1. The summed E-state index contributed by atoms with van der Waals surface area (Å²) in [7, 11) is 1.52. The number of methoxy groups -OCH3 is 1. The fraction of sp³-hybridized carbons (Fsp3) is 0.235. The van der Waals surface area contributed by atoms with E-state index in [4.69, 9.17) is 16.3 Å². The molecule has 0 saturated carbocycles. The Morgan fingerprint density at radius 1 is 1.42 bits per heavy atom. The topological polar surface area (TPSA) is 71.5 Å². The van der Waals surface area contributed by atoms with Crippen LogP contribution >= 0.6 is 11.6 Å². The van der Waals surface area contributed by atoms with Crippen molar-refractivity contribution in [2.45, 2.75) is 6.42 Å². The van der Waals surface area contributed by atoms with Crippen LogP contribution in [0.25, 0.3) is 0 Å². The number of nitrogens with one attached hydrogen (secondary N) is 1. The predicted octanol–water partition coefficient (Wildman–Crippen LogP) is 2.74. The lowest BCUT2D eigenvalue weighted by atomic mass is 10.1. The molecule has 0 radical (unpaired) electrons. The molecule has 1 aromatic carbocycles. The number of carbonyl (C=O) groups excluding carboxylic acids is 2. The predicted molar refractivity (Wildman–Crippen MR) is 91.3 cm³/mol. The summed E-state index contributed by atoms with van der Waals surface area (Å²) in [6.07, 6.45) is 3.40. The van der Waals surface area contributed by atoms with Crippen LogP contribution in [0.15, 0.2) is 42.7 Å². The van der Waals surface area contributed by atoms with E-state index in [1.165, 1.54) is 7.11 Å². The summed E-state index contributed by atoms with van der Waals surface area (Å²) in [5.41, 5.74) is 1.18. The first kappa shape index (κ1) is 16.3. The zero-order valence-electron chi connectivity index (χ0n) is 13.0. The molecule has 1 aliphatic rings. The Kier molecular flexibility index (Phi) is 4.66. The van der Waals surface area contributed by atoms with Gasteiger partial charge in [0.1, 0.15) is 5.75 Å². The third kappa shape index (κ3) is 3.33. The van der Waals surface area contributed by atoms with Crippen LogP contribution in [-0.4, -0.2) is 30.5 Å². The van der Waals surface area contributed by atoms with E-state index < -0.39 is 5.92 Å². The molecule has 2 aromatic rings. The van der Waals surface area contributed by atoms with E-state index in [0.717, 1.165) is 0 Å². The second kappa shape index (κ2) is 6.88. The number of ether oxygens (including phenoxy) is 1. The van der Waals surface area contributed by atoms with Crippen molar-refractivity contribution in [1.29, 1.82) is 0 Å². The molecule has 2 heterocycles. The Balaban J connectivity index is 1.73. The average Bonchev–Trinajstić information content (AvgIpc) is 2.98. The molecule has 1 fully saturated rings. The molecular formula is C17H16ClN3O3. The number of nitrogens with zero attached hydrogens (tertiary/aromatic N) is 2. The molecule has 1 aliphatic heterocycles. The number of aromatic nitrogens is 1. The fourth-order valence-corrected chi connectivity index (χ4v) is 2.83. The van der Waals surface area contributed by atoms with E-state index in [2.05, 4.69) is 10.3 Å². The van der Waals surface area contributed by atoms with Crippen molar-refractivity contribution in [2.75, 3.05) is 23.9 Å². The maximum absolute atomic E-state index is 12.5. The molecular weight excluding hydrogens is 330 g/mol. The van der Waals surface area contributed by atoms with Gasteiger partial charge in [0, 0.05) is 24.2 Å². The minimum atomic E-state index is -0.443. The Hall–Kier alpha value is -2.60. The van der Waals surface area contributed by atoms with Crippen LogP contribution in [0.5, 0.6) is 5.75 Å². The quantitative estimate of drug-likeness (QED) is 0.924. The molecule has 0 aliphatic carbocycles. The van der Waals surface area contributed by atoms with Crippen molar-refractivity contribution in [3.8, 4) is 5.75 Å². The van der Waals surface area contributed by atoms with E-state index in [1.54, 1.807) is 47.6 Å². The maximum atomic E-state index is 12.5. The Morgan fingerprint density at radius 3 is 2.96 bits per heavy atom. The van der Waals surface area contributed by atoms with Gasteiger partial charge in [-0.2, -0.15) is 0 Å². The summed E-state index contributed by atoms with van der Waals surface area (Å²) >= 11 is 5.97. The minimum Gasteiger partial charge on any atom is -0.495 e. The van der Waals surface area contributed by atoms with Gasteiger partial charge >= 0.3 is 0 Å². The largest absolute Gasteiger partial charge is 0.495 e. The first-order valence-electron chi connectivity index (χ1n) is 7.43. The van der Waals surface area contributed by atoms with E-state index in [-0.39, 0.29) is 18.2 Å². The van der Waals surface area contributed by atoms with Gasteiger partial charge < -0.3 is 15.0 Å². The second-order valence-electron chi connectivity index (χ2n) is 5.45. The van der Waals surface area contributed by atoms with Crippen LogP contribution in [-0.2, 0) is 9.59 Å². The van der Waals surface area contributed by atoms with Crippen LogP contribution < -0.4 is 15.0 Å². The molecule has 24 heavy (non-hydrogen) atoms. The summed E-state index contributed by atoms with van der Waals surface area (Å²) in [5.74, 6) is -0.265. The summed E-state index contributed by atoms with van der Waals surface area (Å²) < 4.78 is 5.22. The van der Waals surface area contributed by atoms with E-state index >= 15 is 0 Å².